The Morgan fingerprint density at radius 2 is 2.08 bits per heavy atom. The molecule has 1 aromatic rings. The average molecular weight is 177 g/mol. The first-order chi connectivity index (χ1) is 6.20. The van der Waals surface area contributed by atoms with Gasteiger partial charge in [-0.3, -0.25) is 5.32 Å². The van der Waals surface area contributed by atoms with Gasteiger partial charge in [0.15, 0.2) is 0 Å². The Morgan fingerprint density at radius 3 is 2.62 bits per heavy atom. The first kappa shape index (κ1) is 9.96. The molecule has 0 spiro atoms. The Labute approximate surface area is 78.9 Å². The number of hydrogen-bond acceptors (Lipinski definition) is 2. The molecule has 0 radical (unpaired) electrons. The van der Waals surface area contributed by atoms with E-state index < -0.39 is 6.23 Å². The lowest BCUT2D eigenvalue weighted by molar-refractivity contribution is 0.162. The van der Waals surface area contributed by atoms with Gasteiger partial charge in [-0.1, -0.05) is 36.9 Å². The van der Waals surface area contributed by atoms with Crippen molar-refractivity contribution in [3.63, 3.8) is 0 Å². The largest absolute Gasteiger partial charge is 0.379 e. The number of rotatable bonds is 4. The van der Waals surface area contributed by atoms with Gasteiger partial charge in [-0.2, -0.15) is 0 Å². The van der Waals surface area contributed by atoms with E-state index in [1.807, 2.05) is 30.3 Å². The third-order valence-corrected chi connectivity index (χ3v) is 1.79. The van der Waals surface area contributed by atoms with Crippen molar-refractivity contribution in [2.45, 2.75) is 13.2 Å². The summed E-state index contributed by atoms with van der Waals surface area (Å²) in [6.07, 6.45) is -0.486. The molecule has 0 fully saturated rings. The summed E-state index contributed by atoms with van der Waals surface area (Å²) < 4.78 is 0. The van der Waals surface area contributed by atoms with Gasteiger partial charge in [0.2, 0.25) is 0 Å². The van der Waals surface area contributed by atoms with Crippen LogP contribution in [0.5, 0.6) is 0 Å². The maximum atomic E-state index is 9.00. The number of nitrogens with one attached hydrogen (secondary N) is 1. The third kappa shape index (κ3) is 3.40. The van der Waals surface area contributed by atoms with Crippen LogP contribution in [0.3, 0.4) is 0 Å². The Hall–Kier alpha value is -1.12. The quantitative estimate of drug-likeness (QED) is 0.685. The molecule has 1 rings (SSSR count). The molecule has 0 heterocycles. The maximum absolute atomic E-state index is 9.00. The SMILES string of the molecule is C=C(CNC(C)O)c1ccccc1. The molecule has 0 aliphatic heterocycles. The van der Waals surface area contributed by atoms with Crippen LogP contribution in [0.2, 0.25) is 0 Å². The van der Waals surface area contributed by atoms with Crippen LogP contribution in [0.15, 0.2) is 36.9 Å². The lowest BCUT2D eigenvalue weighted by Gasteiger charge is -2.09. The molecule has 0 aromatic heterocycles. The first-order valence-electron chi connectivity index (χ1n) is 4.35. The van der Waals surface area contributed by atoms with E-state index in [1.165, 1.54) is 0 Å². The van der Waals surface area contributed by atoms with Crippen molar-refractivity contribution >= 4 is 5.57 Å². The van der Waals surface area contributed by atoms with E-state index >= 15 is 0 Å². The molecule has 2 heteroatoms. The van der Waals surface area contributed by atoms with Gasteiger partial charge in [0.05, 0.1) is 0 Å². The highest BCUT2D eigenvalue weighted by Crippen LogP contribution is 2.09. The van der Waals surface area contributed by atoms with Crippen molar-refractivity contribution in [2.24, 2.45) is 0 Å². The van der Waals surface area contributed by atoms with Crippen molar-refractivity contribution in [1.29, 1.82) is 0 Å². The van der Waals surface area contributed by atoms with Crippen LogP contribution in [0, 0.1) is 0 Å². The lowest BCUT2D eigenvalue weighted by atomic mass is 10.1. The Kier molecular flexibility index (Phi) is 3.68. The molecule has 0 bridgehead atoms. The van der Waals surface area contributed by atoms with E-state index in [0.29, 0.717) is 6.54 Å². The van der Waals surface area contributed by atoms with Gasteiger partial charge in [0.25, 0.3) is 0 Å². The zero-order chi connectivity index (χ0) is 9.68. The minimum Gasteiger partial charge on any atom is -0.379 e. The predicted octanol–water partition coefficient (Wildman–Crippen LogP) is 1.63. The number of benzene rings is 1. The molecular formula is C11H15NO. The fourth-order valence-corrected chi connectivity index (χ4v) is 1.05. The van der Waals surface area contributed by atoms with Crippen LogP contribution in [-0.4, -0.2) is 17.9 Å². The van der Waals surface area contributed by atoms with E-state index in [-0.39, 0.29) is 0 Å². The highest BCUT2D eigenvalue weighted by atomic mass is 16.3. The van der Waals surface area contributed by atoms with Crippen molar-refractivity contribution in [1.82, 2.24) is 5.32 Å². The topological polar surface area (TPSA) is 32.3 Å². The fraction of sp³-hybridized carbons (Fsp3) is 0.273. The second-order valence-electron chi connectivity index (χ2n) is 3.03. The minimum atomic E-state index is -0.486. The molecule has 0 aliphatic rings. The van der Waals surface area contributed by atoms with E-state index in [0.717, 1.165) is 11.1 Å². The smallest absolute Gasteiger partial charge is 0.102 e. The number of aliphatic hydroxyl groups is 1. The highest BCUT2D eigenvalue weighted by Gasteiger charge is 1.98. The van der Waals surface area contributed by atoms with Gasteiger partial charge in [-0.15, -0.1) is 0 Å². The fourth-order valence-electron chi connectivity index (χ4n) is 1.05. The predicted molar refractivity (Wildman–Crippen MR) is 55.2 cm³/mol. The standard InChI is InChI=1S/C11H15NO/c1-9(8-12-10(2)13)11-6-4-3-5-7-11/h3-7,10,12-13H,1,8H2,2H3. The van der Waals surface area contributed by atoms with E-state index in [9.17, 15) is 0 Å². The lowest BCUT2D eigenvalue weighted by Crippen LogP contribution is -2.26. The molecule has 0 saturated heterocycles. The van der Waals surface area contributed by atoms with Crippen molar-refractivity contribution in [3.05, 3.63) is 42.5 Å². The van der Waals surface area contributed by atoms with Crippen LogP contribution in [-0.2, 0) is 0 Å². The molecule has 2 N–H and O–H groups in total. The van der Waals surface area contributed by atoms with E-state index in [1.54, 1.807) is 6.92 Å². The zero-order valence-corrected chi connectivity index (χ0v) is 7.83. The van der Waals surface area contributed by atoms with Gasteiger partial charge in [0, 0.05) is 6.54 Å². The molecule has 1 unspecified atom stereocenters. The van der Waals surface area contributed by atoms with Crippen LogP contribution in [0.1, 0.15) is 12.5 Å². The Balaban J connectivity index is 2.50. The third-order valence-electron chi connectivity index (χ3n) is 1.79. The number of hydrogen-bond donors (Lipinski definition) is 2. The van der Waals surface area contributed by atoms with Gasteiger partial charge in [-0.25, -0.2) is 0 Å². The van der Waals surface area contributed by atoms with Crippen LogP contribution < -0.4 is 5.32 Å². The molecule has 1 atom stereocenters. The summed E-state index contributed by atoms with van der Waals surface area (Å²) in [6, 6.07) is 9.93. The van der Waals surface area contributed by atoms with Crippen molar-refractivity contribution < 1.29 is 5.11 Å². The van der Waals surface area contributed by atoms with Gasteiger partial charge in [-0.05, 0) is 18.1 Å². The average Bonchev–Trinajstić information content (AvgIpc) is 2.15. The first-order valence-corrected chi connectivity index (χ1v) is 4.35. The van der Waals surface area contributed by atoms with Crippen LogP contribution in [0.25, 0.3) is 5.57 Å². The molecule has 0 aliphatic carbocycles. The molecule has 13 heavy (non-hydrogen) atoms. The normalized spacial score (nSPS) is 12.5. The monoisotopic (exact) mass is 177 g/mol. The summed E-state index contributed by atoms with van der Waals surface area (Å²) in [5.41, 5.74) is 2.09. The van der Waals surface area contributed by atoms with Crippen molar-refractivity contribution in [2.75, 3.05) is 6.54 Å². The Bertz CT molecular complexity index is 267. The summed E-state index contributed by atoms with van der Waals surface area (Å²) in [4.78, 5) is 0. The molecule has 1 aromatic carbocycles. The Morgan fingerprint density at radius 1 is 1.46 bits per heavy atom. The number of aliphatic hydroxyl groups excluding tert-OH is 1. The summed E-state index contributed by atoms with van der Waals surface area (Å²) >= 11 is 0. The molecule has 2 nitrogen and oxygen atoms in total. The summed E-state index contributed by atoms with van der Waals surface area (Å²) in [6.45, 7) is 6.23. The van der Waals surface area contributed by atoms with Crippen LogP contribution in [0.4, 0.5) is 0 Å². The maximum Gasteiger partial charge on any atom is 0.102 e. The summed E-state index contributed by atoms with van der Waals surface area (Å²) in [5.74, 6) is 0. The minimum absolute atomic E-state index is 0.486. The van der Waals surface area contributed by atoms with Gasteiger partial charge < -0.3 is 5.11 Å². The second-order valence-corrected chi connectivity index (χ2v) is 3.03. The molecule has 70 valence electrons. The molecule has 0 saturated carbocycles. The van der Waals surface area contributed by atoms with Gasteiger partial charge >= 0.3 is 0 Å². The zero-order valence-electron chi connectivity index (χ0n) is 7.83. The van der Waals surface area contributed by atoms with Gasteiger partial charge in [0.1, 0.15) is 6.23 Å². The van der Waals surface area contributed by atoms with E-state index in [2.05, 4.69) is 11.9 Å². The summed E-state index contributed by atoms with van der Waals surface area (Å²) in [7, 11) is 0. The molecular weight excluding hydrogens is 162 g/mol. The second kappa shape index (κ2) is 4.80. The van der Waals surface area contributed by atoms with Crippen LogP contribution >= 0.6 is 0 Å². The van der Waals surface area contributed by atoms with Crippen molar-refractivity contribution in [3.8, 4) is 0 Å². The molecule has 0 amide bonds. The highest BCUT2D eigenvalue weighted by molar-refractivity contribution is 5.64. The summed E-state index contributed by atoms with van der Waals surface area (Å²) in [5, 5.41) is 11.9. The van der Waals surface area contributed by atoms with E-state index in [4.69, 9.17) is 5.11 Å².